The first-order chi connectivity index (χ1) is 10.4. The fourth-order valence-corrected chi connectivity index (χ4v) is 2.51. The SMILES string of the molecule is OCCC#Cc1ccc(OCCN2CCCCCC2)cc1. The third-order valence-electron chi connectivity index (χ3n) is 3.70. The Kier molecular flexibility index (Phi) is 7.14. The van der Waals surface area contributed by atoms with E-state index in [2.05, 4.69) is 16.7 Å². The van der Waals surface area contributed by atoms with Crippen LogP contribution in [0.1, 0.15) is 37.7 Å². The molecule has 0 atom stereocenters. The van der Waals surface area contributed by atoms with Crippen LogP contribution in [0.3, 0.4) is 0 Å². The van der Waals surface area contributed by atoms with E-state index in [0.717, 1.165) is 24.5 Å². The number of hydrogen-bond donors (Lipinski definition) is 1. The van der Waals surface area contributed by atoms with Gasteiger partial charge in [0.05, 0.1) is 6.61 Å². The Morgan fingerprint density at radius 1 is 1.05 bits per heavy atom. The number of nitrogens with zero attached hydrogens (tertiary/aromatic N) is 1. The fourth-order valence-electron chi connectivity index (χ4n) is 2.51. The first-order valence-corrected chi connectivity index (χ1v) is 7.93. The van der Waals surface area contributed by atoms with Crippen molar-refractivity contribution < 1.29 is 9.84 Å². The molecule has 0 radical (unpaired) electrons. The predicted molar refractivity (Wildman–Crippen MR) is 85.4 cm³/mol. The molecule has 114 valence electrons. The third kappa shape index (κ3) is 6.20. The molecule has 0 aromatic heterocycles. The molecule has 3 nitrogen and oxygen atoms in total. The number of aliphatic hydroxyl groups is 1. The Hall–Kier alpha value is -1.50. The topological polar surface area (TPSA) is 32.7 Å². The summed E-state index contributed by atoms with van der Waals surface area (Å²) in [5, 5.41) is 8.68. The molecule has 1 aromatic rings. The van der Waals surface area contributed by atoms with E-state index in [1.54, 1.807) is 0 Å². The van der Waals surface area contributed by atoms with Gasteiger partial charge in [0.2, 0.25) is 0 Å². The Morgan fingerprint density at radius 3 is 2.43 bits per heavy atom. The van der Waals surface area contributed by atoms with E-state index in [4.69, 9.17) is 9.84 Å². The lowest BCUT2D eigenvalue weighted by Gasteiger charge is -2.19. The van der Waals surface area contributed by atoms with Crippen molar-refractivity contribution >= 4 is 0 Å². The Bertz CT molecular complexity index is 450. The van der Waals surface area contributed by atoms with Crippen molar-refractivity contribution in [2.75, 3.05) is 32.8 Å². The molecule has 0 spiro atoms. The van der Waals surface area contributed by atoms with Gasteiger partial charge < -0.3 is 9.84 Å². The van der Waals surface area contributed by atoms with Gasteiger partial charge in [-0.2, -0.15) is 0 Å². The van der Waals surface area contributed by atoms with Gasteiger partial charge in [-0.15, -0.1) is 0 Å². The highest BCUT2D eigenvalue weighted by Gasteiger charge is 2.08. The van der Waals surface area contributed by atoms with Crippen LogP contribution in [0.5, 0.6) is 5.75 Å². The predicted octanol–water partition coefficient (Wildman–Crippen LogP) is 2.68. The van der Waals surface area contributed by atoms with E-state index in [1.165, 1.54) is 38.8 Å². The number of hydrogen-bond acceptors (Lipinski definition) is 3. The molecule has 1 aliphatic rings. The highest BCUT2D eigenvalue weighted by molar-refractivity contribution is 5.38. The molecule has 1 heterocycles. The Morgan fingerprint density at radius 2 is 1.76 bits per heavy atom. The summed E-state index contributed by atoms with van der Waals surface area (Å²) < 4.78 is 5.80. The summed E-state index contributed by atoms with van der Waals surface area (Å²) in [6, 6.07) is 7.86. The molecular formula is C18H25NO2. The smallest absolute Gasteiger partial charge is 0.119 e. The van der Waals surface area contributed by atoms with Crippen LogP contribution in [0, 0.1) is 11.8 Å². The van der Waals surface area contributed by atoms with E-state index in [-0.39, 0.29) is 6.61 Å². The van der Waals surface area contributed by atoms with Crippen LogP contribution in [-0.4, -0.2) is 42.9 Å². The maximum absolute atomic E-state index is 8.68. The molecule has 0 unspecified atom stereocenters. The normalized spacial score (nSPS) is 15.9. The highest BCUT2D eigenvalue weighted by Crippen LogP contribution is 2.13. The third-order valence-corrected chi connectivity index (χ3v) is 3.70. The maximum atomic E-state index is 8.68. The second-order valence-corrected chi connectivity index (χ2v) is 5.40. The van der Waals surface area contributed by atoms with Gasteiger partial charge in [-0.05, 0) is 50.2 Å². The largest absolute Gasteiger partial charge is 0.492 e. The minimum absolute atomic E-state index is 0.116. The molecule has 1 saturated heterocycles. The summed E-state index contributed by atoms with van der Waals surface area (Å²) in [6.45, 7) is 4.30. The van der Waals surface area contributed by atoms with Gasteiger partial charge in [0, 0.05) is 18.5 Å². The Labute approximate surface area is 127 Å². The van der Waals surface area contributed by atoms with Crippen molar-refractivity contribution in [2.45, 2.75) is 32.1 Å². The molecule has 1 aliphatic heterocycles. The zero-order valence-corrected chi connectivity index (χ0v) is 12.7. The fraction of sp³-hybridized carbons (Fsp3) is 0.556. The summed E-state index contributed by atoms with van der Waals surface area (Å²) in [5.41, 5.74) is 0.961. The van der Waals surface area contributed by atoms with E-state index in [9.17, 15) is 0 Å². The zero-order chi connectivity index (χ0) is 14.8. The second-order valence-electron chi connectivity index (χ2n) is 5.40. The number of rotatable bonds is 5. The average molecular weight is 287 g/mol. The maximum Gasteiger partial charge on any atom is 0.119 e. The lowest BCUT2D eigenvalue weighted by molar-refractivity contribution is 0.214. The van der Waals surface area contributed by atoms with Gasteiger partial charge in [0.1, 0.15) is 12.4 Å². The molecule has 0 bridgehead atoms. The number of likely N-dealkylation sites (tertiary alicyclic amines) is 1. The standard InChI is InChI=1S/C18H25NO2/c20-15-6-3-7-17-8-10-18(11-9-17)21-16-14-19-12-4-1-2-5-13-19/h8-11,20H,1-2,4-6,12-16H2. The van der Waals surface area contributed by atoms with Crippen LogP contribution in [0.2, 0.25) is 0 Å². The van der Waals surface area contributed by atoms with E-state index < -0.39 is 0 Å². The monoisotopic (exact) mass is 287 g/mol. The molecule has 3 heteroatoms. The Balaban J connectivity index is 1.72. The summed E-state index contributed by atoms with van der Waals surface area (Å²) in [5.74, 6) is 6.83. The molecule has 0 saturated carbocycles. The number of benzene rings is 1. The number of aliphatic hydroxyl groups excluding tert-OH is 1. The van der Waals surface area contributed by atoms with E-state index in [1.807, 2.05) is 24.3 Å². The van der Waals surface area contributed by atoms with Crippen molar-refractivity contribution in [1.29, 1.82) is 0 Å². The van der Waals surface area contributed by atoms with Crippen molar-refractivity contribution in [3.8, 4) is 17.6 Å². The minimum atomic E-state index is 0.116. The molecule has 1 fully saturated rings. The van der Waals surface area contributed by atoms with Crippen molar-refractivity contribution in [3.05, 3.63) is 29.8 Å². The lowest BCUT2D eigenvalue weighted by atomic mass is 10.2. The molecule has 0 amide bonds. The van der Waals surface area contributed by atoms with Gasteiger partial charge in [0.25, 0.3) is 0 Å². The van der Waals surface area contributed by atoms with E-state index >= 15 is 0 Å². The molecule has 0 aliphatic carbocycles. The quantitative estimate of drug-likeness (QED) is 0.845. The van der Waals surface area contributed by atoms with Crippen LogP contribution in [-0.2, 0) is 0 Å². The highest BCUT2D eigenvalue weighted by atomic mass is 16.5. The first kappa shape index (κ1) is 15.9. The van der Waals surface area contributed by atoms with Gasteiger partial charge in [0.15, 0.2) is 0 Å². The summed E-state index contributed by atoms with van der Waals surface area (Å²) in [4.78, 5) is 2.50. The summed E-state index contributed by atoms with van der Waals surface area (Å²) in [6.07, 6.45) is 5.91. The first-order valence-electron chi connectivity index (χ1n) is 7.93. The summed E-state index contributed by atoms with van der Waals surface area (Å²) >= 11 is 0. The van der Waals surface area contributed by atoms with Crippen molar-refractivity contribution in [1.82, 2.24) is 4.90 Å². The van der Waals surface area contributed by atoms with Crippen LogP contribution < -0.4 is 4.74 Å². The van der Waals surface area contributed by atoms with E-state index in [0.29, 0.717) is 6.42 Å². The second kappa shape index (κ2) is 9.44. The van der Waals surface area contributed by atoms with Gasteiger partial charge in [-0.25, -0.2) is 0 Å². The van der Waals surface area contributed by atoms with Crippen LogP contribution in [0.25, 0.3) is 0 Å². The average Bonchev–Trinajstić information content (AvgIpc) is 2.78. The molecular weight excluding hydrogens is 262 g/mol. The number of ether oxygens (including phenoxy) is 1. The van der Waals surface area contributed by atoms with Gasteiger partial charge >= 0.3 is 0 Å². The minimum Gasteiger partial charge on any atom is -0.492 e. The zero-order valence-electron chi connectivity index (χ0n) is 12.7. The van der Waals surface area contributed by atoms with Crippen molar-refractivity contribution in [3.63, 3.8) is 0 Å². The van der Waals surface area contributed by atoms with Gasteiger partial charge in [-0.3, -0.25) is 4.90 Å². The molecule has 1 aromatic carbocycles. The van der Waals surface area contributed by atoms with Crippen LogP contribution >= 0.6 is 0 Å². The van der Waals surface area contributed by atoms with Crippen LogP contribution in [0.4, 0.5) is 0 Å². The van der Waals surface area contributed by atoms with Crippen molar-refractivity contribution in [2.24, 2.45) is 0 Å². The molecule has 21 heavy (non-hydrogen) atoms. The molecule has 2 rings (SSSR count). The van der Waals surface area contributed by atoms with Crippen LogP contribution in [0.15, 0.2) is 24.3 Å². The van der Waals surface area contributed by atoms with Gasteiger partial charge in [-0.1, -0.05) is 24.7 Å². The lowest BCUT2D eigenvalue weighted by Crippen LogP contribution is -2.29. The summed E-state index contributed by atoms with van der Waals surface area (Å²) in [7, 11) is 0. The molecule has 1 N–H and O–H groups in total.